The van der Waals surface area contributed by atoms with Gasteiger partial charge in [0, 0.05) is 6.54 Å². The van der Waals surface area contributed by atoms with Crippen molar-refractivity contribution < 1.29 is 0 Å². The second kappa shape index (κ2) is 3.68. The SMILES string of the molecule is CC1CCn2nc(-c3cccs3)nc2C1N. The second-order valence-corrected chi connectivity index (χ2v) is 5.23. The summed E-state index contributed by atoms with van der Waals surface area (Å²) in [6, 6.07) is 4.08. The molecule has 0 radical (unpaired) electrons. The first-order chi connectivity index (χ1) is 7.75. The molecule has 0 spiro atoms. The van der Waals surface area contributed by atoms with Gasteiger partial charge in [-0.15, -0.1) is 16.4 Å². The van der Waals surface area contributed by atoms with Crippen LogP contribution in [0.25, 0.3) is 10.7 Å². The maximum absolute atomic E-state index is 6.14. The monoisotopic (exact) mass is 234 g/mol. The first-order valence-electron chi connectivity index (χ1n) is 5.50. The number of hydrogen-bond donors (Lipinski definition) is 1. The Morgan fingerprint density at radius 1 is 1.56 bits per heavy atom. The van der Waals surface area contributed by atoms with Gasteiger partial charge in [-0.1, -0.05) is 13.0 Å². The summed E-state index contributed by atoms with van der Waals surface area (Å²) in [4.78, 5) is 5.67. The van der Waals surface area contributed by atoms with E-state index in [-0.39, 0.29) is 6.04 Å². The van der Waals surface area contributed by atoms with Crippen molar-refractivity contribution in [1.29, 1.82) is 0 Å². The lowest BCUT2D eigenvalue weighted by Crippen LogP contribution is -2.29. The molecule has 0 amide bonds. The van der Waals surface area contributed by atoms with E-state index < -0.39 is 0 Å². The average molecular weight is 234 g/mol. The molecule has 2 aromatic rings. The zero-order valence-electron chi connectivity index (χ0n) is 9.13. The minimum Gasteiger partial charge on any atom is -0.321 e. The van der Waals surface area contributed by atoms with Crippen molar-refractivity contribution in [2.45, 2.75) is 25.9 Å². The molecule has 2 unspecified atom stereocenters. The minimum atomic E-state index is 0.0231. The normalized spacial score (nSPS) is 24.4. The molecule has 84 valence electrons. The van der Waals surface area contributed by atoms with Crippen LogP contribution in [-0.2, 0) is 6.54 Å². The summed E-state index contributed by atoms with van der Waals surface area (Å²) in [7, 11) is 0. The third kappa shape index (κ3) is 1.47. The molecule has 4 nitrogen and oxygen atoms in total. The molecule has 0 saturated heterocycles. The predicted octanol–water partition coefficient (Wildman–Crippen LogP) is 2.05. The number of fused-ring (bicyclic) bond motifs is 1. The van der Waals surface area contributed by atoms with E-state index >= 15 is 0 Å². The zero-order chi connectivity index (χ0) is 11.1. The fourth-order valence-electron chi connectivity index (χ4n) is 2.04. The second-order valence-electron chi connectivity index (χ2n) is 4.29. The van der Waals surface area contributed by atoms with Crippen LogP contribution in [-0.4, -0.2) is 14.8 Å². The molecular formula is C11H14N4S. The Morgan fingerprint density at radius 2 is 2.44 bits per heavy atom. The van der Waals surface area contributed by atoms with E-state index in [0.717, 1.165) is 29.5 Å². The highest BCUT2D eigenvalue weighted by Crippen LogP contribution is 2.29. The third-order valence-corrected chi connectivity index (χ3v) is 4.02. The molecule has 0 aliphatic carbocycles. The van der Waals surface area contributed by atoms with Gasteiger partial charge in [0.2, 0.25) is 0 Å². The topological polar surface area (TPSA) is 56.7 Å². The van der Waals surface area contributed by atoms with Crippen molar-refractivity contribution in [1.82, 2.24) is 14.8 Å². The standard InChI is InChI=1S/C11H14N4S/c1-7-4-5-15-11(9(7)12)13-10(14-15)8-3-2-6-16-8/h2-3,6-7,9H,4-5,12H2,1H3. The lowest BCUT2D eigenvalue weighted by atomic mass is 9.96. The minimum absolute atomic E-state index is 0.0231. The summed E-state index contributed by atoms with van der Waals surface area (Å²) in [5, 5.41) is 6.55. The third-order valence-electron chi connectivity index (χ3n) is 3.15. The number of thiophene rings is 1. The molecule has 0 aromatic carbocycles. The van der Waals surface area contributed by atoms with Crippen molar-refractivity contribution in [3.8, 4) is 10.7 Å². The van der Waals surface area contributed by atoms with Crippen LogP contribution in [0.2, 0.25) is 0 Å². The van der Waals surface area contributed by atoms with Gasteiger partial charge in [0.05, 0.1) is 10.9 Å². The van der Waals surface area contributed by atoms with Gasteiger partial charge in [0.1, 0.15) is 5.82 Å². The average Bonchev–Trinajstić information content (AvgIpc) is 2.91. The highest BCUT2D eigenvalue weighted by Gasteiger charge is 2.27. The molecule has 1 aliphatic rings. The zero-order valence-corrected chi connectivity index (χ0v) is 9.94. The predicted molar refractivity (Wildman–Crippen MR) is 64.0 cm³/mol. The first-order valence-corrected chi connectivity index (χ1v) is 6.38. The van der Waals surface area contributed by atoms with Crippen LogP contribution in [0, 0.1) is 5.92 Å². The molecule has 2 aromatic heterocycles. The number of nitrogens with zero attached hydrogens (tertiary/aromatic N) is 3. The maximum Gasteiger partial charge on any atom is 0.191 e. The van der Waals surface area contributed by atoms with Crippen molar-refractivity contribution >= 4 is 11.3 Å². The summed E-state index contributed by atoms with van der Waals surface area (Å²) in [6.07, 6.45) is 1.08. The largest absolute Gasteiger partial charge is 0.321 e. The van der Waals surface area contributed by atoms with E-state index in [4.69, 9.17) is 5.73 Å². The Kier molecular flexibility index (Phi) is 2.29. The van der Waals surface area contributed by atoms with E-state index in [2.05, 4.69) is 17.0 Å². The molecule has 3 heterocycles. The summed E-state index contributed by atoms with van der Waals surface area (Å²) < 4.78 is 1.96. The van der Waals surface area contributed by atoms with E-state index in [9.17, 15) is 0 Å². The van der Waals surface area contributed by atoms with Gasteiger partial charge in [-0.25, -0.2) is 9.67 Å². The van der Waals surface area contributed by atoms with Crippen LogP contribution in [0.5, 0.6) is 0 Å². The van der Waals surface area contributed by atoms with Gasteiger partial charge in [-0.3, -0.25) is 0 Å². The molecule has 16 heavy (non-hydrogen) atoms. The smallest absolute Gasteiger partial charge is 0.191 e. The fraction of sp³-hybridized carbons (Fsp3) is 0.455. The molecule has 0 bridgehead atoms. The highest BCUT2D eigenvalue weighted by atomic mass is 32.1. The van der Waals surface area contributed by atoms with E-state index in [1.54, 1.807) is 11.3 Å². The van der Waals surface area contributed by atoms with E-state index in [1.807, 2.05) is 22.2 Å². The molecule has 0 fully saturated rings. The first kappa shape index (κ1) is 9.99. The van der Waals surface area contributed by atoms with Crippen molar-refractivity contribution in [2.75, 3.05) is 0 Å². The van der Waals surface area contributed by atoms with Crippen LogP contribution in [0.15, 0.2) is 17.5 Å². The van der Waals surface area contributed by atoms with Crippen molar-refractivity contribution in [3.63, 3.8) is 0 Å². The lowest BCUT2D eigenvalue weighted by molar-refractivity contribution is 0.323. The fourth-order valence-corrected chi connectivity index (χ4v) is 2.69. The van der Waals surface area contributed by atoms with Crippen LogP contribution in [0.1, 0.15) is 25.2 Å². The van der Waals surface area contributed by atoms with Gasteiger partial charge in [-0.05, 0) is 23.8 Å². The lowest BCUT2D eigenvalue weighted by Gasteiger charge is -2.24. The molecule has 2 atom stereocenters. The van der Waals surface area contributed by atoms with Gasteiger partial charge in [0.25, 0.3) is 0 Å². The number of hydrogen-bond acceptors (Lipinski definition) is 4. The molecule has 1 aliphatic heterocycles. The summed E-state index contributed by atoms with van der Waals surface area (Å²) in [5.41, 5.74) is 6.14. The number of nitrogens with two attached hydrogens (primary N) is 1. The Hall–Kier alpha value is -1.20. The Balaban J connectivity index is 2.04. The van der Waals surface area contributed by atoms with Gasteiger partial charge >= 0.3 is 0 Å². The molecule has 0 saturated carbocycles. The van der Waals surface area contributed by atoms with Gasteiger partial charge < -0.3 is 5.73 Å². The summed E-state index contributed by atoms with van der Waals surface area (Å²) >= 11 is 1.66. The van der Waals surface area contributed by atoms with Crippen molar-refractivity contribution in [2.24, 2.45) is 11.7 Å². The number of rotatable bonds is 1. The van der Waals surface area contributed by atoms with E-state index in [1.165, 1.54) is 0 Å². The van der Waals surface area contributed by atoms with Gasteiger partial charge in [0.15, 0.2) is 5.82 Å². The molecule has 5 heteroatoms. The molecule has 2 N–H and O–H groups in total. The Labute approximate surface area is 98.1 Å². The number of aromatic nitrogens is 3. The number of aryl methyl sites for hydroxylation is 1. The Bertz CT molecular complexity index is 488. The van der Waals surface area contributed by atoms with Crippen LogP contribution in [0.4, 0.5) is 0 Å². The van der Waals surface area contributed by atoms with Gasteiger partial charge in [-0.2, -0.15) is 0 Å². The van der Waals surface area contributed by atoms with E-state index in [0.29, 0.717) is 5.92 Å². The quantitative estimate of drug-likeness (QED) is 0.821. The maximum atomic E-state index is 6.14. The Morgan fingerprint density at radius 3 is 3.19 bits per heavy atom. The van der Waals surface area contributed by atoms with Crippen LogP contribution >= 0.6 is 11.3 Å². The van der Waals surface area contributed by atoms with Crippen molar-refractivity contribution in [3.05, 3.63) is 23.3 Å². The molecule has 3 rings (SSSR count). The summed E-state index contributed by atoms with van der Waals surface area (Å²) in [6.45, 7) is 3.11. The van der Waals surface area contributed by atoms with Crippen LogP contribution < -0.4 is 5.73 Å². The molecular weight excluding hydrogens is 220 g/mol. The summed E-state index contributed by atoms with van der Waals surface area (Å²) in [5.74, 6) is 2.24. The highest BCUT2D eigenvalue weighted by molar-refractivity contribution is 7.13. The van der Waals surface area contributed by atoms with Crippen LogP contribution in [0.3, 0.4) is 0 Å².